The van der Waals surface area contributed by atoms with Gasteiger partial charge in [-0.1, -0.05) is 12.1 Å². The van der Waals surface area contributed by atoms with Gasteiger partial charge in [-0.25, -0.2) is 4.98 Å². The van der Waals surface area contributed by atoms with Crippen LogP contribution in [0.3, 0.4) is 0 Å². The van der Waals surface area contributed by atoms with Crippen molar-refractivity contribution in [2.24, 2.45) is 5.92 Å². The number of hydrogen-bond acceptors (Lipinski definition) is 3. The van der Waals surface area contributed by atoms with Crippen LogP contribution in [0.25, 0.3) is 11.1 Å². The fraction of sp³-hybridized carbons (Fsp3) is 0.385. The number of piperidine rings is 1. The predicted molar refractivity (Wildman–Crippen MR) is 121 cm³/mol. The summed E-state index contributed by atoms with van der Waals surface area (Å²) in [5.74, 6) is -0.162. The molecule has 2 aliphatic rings. The summed E-state index contributed by atoms with van der Waals surface area (Å²) in [4.78, 5) is 18.8. The average molecular weight is 471 g/mol. The van der Waals surface area contributed by atoms with E-state index in [-0.39, 0.29) is 16.5 Å². The molecule has 3 heterocycles. The molecule has 34 heavy (non-hydrogen) atoms. The second kappa shape index (κ2) is 8.65. The zero-order chi connectivity index (χ0) is 23.9. The highest BCUT2D eigenvalue weighted by Gasteiger charge is 2.60. The molecule has 2 atom stereocenters. The van der Waals surface area contributed by atoms with Gasteiger partial charge in [0.25, 0.3) is 5.56 Å². The van der Waals surface area contributed by atoms with Crippen LogP contribution in [0.2, 0.25) is 0 Å². The van der Waals surface area contributed by atoms with E-state index in [1.165, 1.54) is 18.3 Å². The smallest absolute Gasteiger partial charge is 0.315 e. The van der Waals surface area contributed by atoms with Gasteiger partial charge in [-0.2, -0.15) is 17.6 Å². The Morgan fingerprint density at radius 2 is 1.74 bits per heavy atom. The molecule has 1 saturated heterocycles. The summed E-state index contributed by atoms with van der Waals surface area (Å²) in [5.41, 5.74) is 0.642. The van der Waals surface area contributed by atoms with Crippen LogP contribution in [0.15, 0.2) is 65.7 Å². The Hall–Kier alpha value is -3.00. The van der Waals surface area contributed by atoms with Gasteiger partial charge in [0.05, 0.1) is 11.1 Å². The van der Waals surface area contributed by atoms with E-state index in [0.717, 1.165) is 44.5 Å². The molecule has 1 saturated carbocycles. The quantitative estimate of drug-likeness (QED) is 0.273. The molecule has 4 nitrogen and oxygen atoms in total. The van der Waals surface area contributed by atoms with Gasteiger partial charge in [-0.3, -0.25) is 4.79 Å². The Kier molecular flexibility index (Phi) is 5.80. The minimum atomic E-state index is -4.31. The lowest BCUT2D eigenvalue weighted by molar-refractivity contribution is -0.137. The molecule has 1 aliphatic heterocycles. The summed E-state index contributed by atoms with van der Waals surface area (Å²) in [7, 11) is 0. The zero-order valence-corrected chi connectivity index (χ0v) is 18.6. The number of aromatic nitrogens is 2. The fourth-order valence-electron chi connectivity index (χ4n) is 5.32. The number of fused-ring (bicyclic) bond motifs is 1. The van der Waals surface area contributed by atoms with E-state index in [1.807, 2.05) is 0 Å². The van der Waals surface area contributed by atoms with Crippen molar-refractivity contribution in [3.05, 3.63) is 88.4 Å². The van der Waals surface area contributed by atoms with Crippen LogP contribution < -0.4 is 5.56 Å². The maximum absolute atomic E-state index is 14.0. The van der Waals surface area contributed by atoms with Crippen LogP contribution in [0.4, 0.5) is 17.6 Å². The number of hydrogen-bond donors (Lipinski definition) is 0. The third-order valence-electron chi connectivity index (χ3n) is 7.20. The Morgan fingerprint density at radius 1 is 1.00 bits per heavy atom. The van der Waals surface area contributed by atoms with Gasteiger partial charge < -0.3 is 9.47 Å². The van der Waals surface area contributed by atoms with Gasteiger partial charge in [-0.05, 0) is 73.7 Å². The summed E-state index contributed by atoms with van der Waals surface area (Å²) < 4.78 is 54.2. The number of halogens is 4. The molecule has 0 N–H and O–H groups in total. The standard InChI is InChI=1S/C26H25F4N3O/c27-23-21(5-3-11-31-23)22-6-4-14-33(24(22)34)13-2-1-12-32-16-20-15-25(20,17-32)18-7-9-19(10-8-18)26(28,29)30/h3-11,14,20H,1-2,12-13,15-17H2/t20?,25-/m1/s1. The Bertz CT molecular complexity index is 1240. The third-order valence-corrected chi connectivity index (χ3v) is 7.20. The summed E-state index contributed by atoms with van der Waals surface area (Å²) in [6.07, 6.45) is 1.48. The molecule has 1 aromatic carbocycles. The van der Waals surface area contributed by atoms with E-state index in [2.05, 4.69) is 9.88 Å². The number of likely N-dealkylation sites (tertiary alicyclic amines) is 1. The maximum atomic E-state index is 14.0. The third kappa shape index (κ3) is 4.27. The molecule has 0 spiro atoms. The molecule has 2 fully saturated rings. The molecule has 0 radical (unpaired) electrons. The molecule has 0 bridgehead atoms. The predicted octanol–water partition coefficient (Wildman–Crippen LogP) is 5.12. The van der Waals surface area contributed by atoms with E-state index < -0.39 is 17.7 Å². The van der Waals surface area contributed by atoms with Gasteiger partial charge in [0, 0.05) is 43.0 Å². The van der Waals surface area contributed by atoms with Crippen LogP contribution in [0.5, 0.6) is 0 Å². The summed E-state index contributed by atoms with van der Waals surface area (Å²) in [5, 5.41) is 0. The molecule has 8 heteroatoms. The number of unbranched alkanes of at least 4 members (excludes halogenated alkanes) is 1. The van der Waals surface area contributed by atoms with E-state index in [4.69, 9.17) is 0 Å². The van der Waals surface area contributed by atoms with Crippen LogP contribution in [-0.2, 0) is 18.1 Å². The van der Waals surface area contributed by atoms with Crippen molar-refractivity contribution in [2.45, 2.75) is 37.4 Å². The first-order valence-electron chi connectivity index (χ1n) is 11.5. The molecule has 1 unspecified atom stereocenters. The molecular weight excluding hydrogens is 446 g/mol. The number of aryl methyl sites for hydroxylation is 1. The highest BCUT2D eigenvalue weighted by Crippen LogP contribution is 2.59. The number of alkyl halides is 3. The molecule has 178 valence electrons. The lowest BCUT2D eigenvalue weighted by Gasteiger charge is -2.21. The van der Waals surface area contributed by atoms with E-state index >= 15 is 0 Å². The first-order chi connectivity index (χ1) is 16.3. The van der Waals surface area contributed by atoms with Gasteiger partial charge in [0.2, 0.25) is 5.95 Å². The number of benzene rings is 1. The number of nitrogens with zero attached hydrogens (tertiary/aromatic N) is 3. The normalized spacial score (nSPS) is 22.1. The van der Waals surface area contributed by atoms with Crippen molar-refractivity contribution < 1.29 is 17.6 Å². The summed E-state index contributed by atoms with van der Waals surface area (Å²) in [6.45, 7) is 3.23. The second-order valence-electron chi connectivity index (χ2n) is 9.34. The number of rotatable bonds is 7. The van der Waals surface area contributed by atoms with Gasteiger partial charge in [0.1, 0.15) is 0 Å². The first kappa shape index (κ1) is 22.8. The van der Waals surface area contributed by atoms with Gasteiger partial charge in [0.15, 0.2) is 0 Å². The van der Waals surface area contributed by atoms with E-state index in [9.17, 15) is 22.4 Å². The Labute approximate surface area is 194 Å². The van der Waals surface area contributed by atoms with Crippen molar-refractivity contribution >= 4 is 0 Å². The highest BCUT2D eigenvalue weighted by atomic mass is 19.4. The van der Waals surface area contributed by atoms with Crippen LogP contribution in [0.1, 0.15) is 30.4 Å². The topological polar surface area (TPSA) is 38.1 Å². The average Bonchev–Trinajstić information content (AvgIpc) is 3.39. The Morgan fingerprint density at radius 3 is 2.47 bits per heavy atom. The highest BCUT2D eigenvalue weighted by molar-refractivity contribution is 5.61. The molecule has 3 aromatic rings. The zero-order valence-electron chi connectivity index (χ0n) is 18.6. The Balaban J connectivity index is 1.15. The lowest BCUT2D eigenvalue weighted by atomic mass is 9.94. The van der Waals surface area contributed by atoms with Crippen molar-refractivity contribution in [3.63, 3.8) is 0 Å². The summed E-state index contributed by atoms with van der Waals surface area (Å²) in [6, 6.07) is 12.1. The van der Waals surface area contributed by atoms with E-state index in [0.29, 0.717) is 18.0 Å². The van der Waals surface area contributed by atoms with Crippen molar-refractivity contribution in [2.75, 3.05) is 19.6 Å². The lowest BCUT2D eigenvalue weighted by Crippen LogP contribution is -2.28. The first-order valence-corrected chi connectivity index (χ1v) is 11.5. The molecule has 2 aromatic heterocycles. The summed E-state index contributed by atoms with van der Waals surface area (Å²) >= 11 is 0. The minimum absolute atomic E-state index is 0.0107. The van der Waals surface area contributed by atoms with Crippen LogP contribution in [-0.4, -0.2) is 34.1 Å². The number of pyridine rings is 2. The van der Waals surface area contributed by atoms with Crippen LogP contribution in [0, 0.1) is 11.9 Å². The van der Waals surface area contributed by atoms with Crippen molar-refractivity contribution in [1.82, 2.24) is 14.5 Å². The van der Waals surface area contributed by atoms with Crippen molar-refractivity contribution in [3.8, 4) is 11.1 Å². The molecular formula is C26H25F4N3O. The van der Waals surface area contributed by atoms with Gasteiger partial charge in [-0.15, -0.1) is 0 Å². The van der Waals surface area contributed by atoms with Gasteiger partial charge >= 0.3 is 6.18 Å². The van der Waals surface area contributed by atoms with Crippen molar-refractivity contribution in [1.29, 1.82) is 0 Å². The maximum Gasteiger partial charge on any atom is 0.416 e. The van der Waals surface area contributed by atoms with Crippen LogP contribution >= 0.6 is 0 Å². The SMILES string of the molecule is O=c1c(-c2cccnc2F)cccn1CCCCN1CC2C[C@]2(c2ccc(C(F)(F)F)cc2)C1. The largest absolute Gasteiger partial charge is 0.416 e. The molecule has 0 amide bonds. The monoisotopic (exact) mass is 471 g/mol. The van der Waals surface area contributed by atoms with E-state index in [1.54, 1.807) is 47.2 Å². The minimum Gasteiger partial charge on any atom is -0.315 e. The molecule has 5 rings (SSSR count). The fourth-order valence-corrected chi connectivity index (χ4v) is 5.32. The molecule has 1 aliphatic carbocycles. The second-order valence-corrected chi connectivity index (χ2v) is 9.34.